The maximum Gasteiger partial charge on any atom is 0.293 e. The molecule has 0 radical (unpaired) electrons. The van der Waals surface area contributed by atoms with Crippen LogP contribution < -0.4 is 5.32 Å². The van der Waals surface area contributed by atoms with Gasteiger partial charge in [0, 0.05) is 52.5 Å². The summed E-state index contributed by atoms with van der Waals surface area (Å²) in [5.74, 6) is -0.790. The van der Waals surface area contributed by atoms with Crippen LogP contribution >= 0.6 is 22.9 Å². The van der Waals surface area contributed by atoms with Gasteiger partial charge < -0.3 is 19.5 Å². The predicted molar refractivity (Wildman–Crippen MR) is 148 cm³/mol. The van der Waals surface area contributed by atoms with Crippen molar-refractivity contribution in [3.05, 3.63) is 65.0 Å². The van der Waals surface area contributed by atoms with Crippen molar-refractivity contribution in [2.24, 2.45) is 0 Å². The van der Waals surface area contributed by atoms with Crippen LogP contribution in [-0.2, 0) is 42.1 Å². The van der Waals surface area contributed by atoms with Gasteiger partial charge in [0.25, 0.3) is 6.47 Å². The lowest BCUT2D eigenvalue weighted by molar-refractivity contribution is -0.138. The number of piperazine rings is 1. The van der Waals surface area contributed by atoms with Gasteiger partial charge in [-0.05, 0) is 23.6 Å². The summed E-state index contributed by atoms with van der Waals surface area (Å²) in [7, 11) is -3.91. The minimum Gasteiger partial charge on any atom is -0.466 e. The Morgan fingerprint density at radius 2 is 2.13 bits per heavy atom. The molecule has 3 aromatic rings. The van der Waals surface area contributed by atoms with Gasteiger partial charge in [-0.1, -0.05) is 23.7 Å². The van der Waals surface area contributed by atoms with Crippen LogP contribution in [0, 0.1) is 0 Å². The highest BCUT2D eigenvalue weighted by Crippen LogP contribution is 2.37. The lowest BCUT2D eigenvalue weighted by Gasteiger charge is -2.34. The van der Waals surface area contributed by atoms with Crippen LogP contribution in [0.3, 0.4) is 0 Å². The number of carbonyl (C=O) groups is 3. The molecule has 1 unspecified atom stereocenters. The largest absolute Gasteiger partial charge is 0.466 e. The fraction of sp³-hybridized carbons (Fsp3) is 0.360. The van der Waals surface area contributed by atoms with E-state index in [4.69, 9.17) is 16.3 Å². The topological polar surface area (TPSA) is 131 Å². The second-order valence-corrected chi connectivity index (χ2v) is 12.4. The molecule has 1 N–H and O–H groups in total. The smallest absolute Gasteiger partial charge is 0.293 e. The van der Waals surface area contributed by atoms with Crippen molar-refractivity contribution >= 4 is 61.3 Å². The Morgan fingerprint density at radius 1 is 1.31 bits per heavy atom. The van der Waals surface area contributed by atoms with E-state index >= 15 is 0 Å². The summed E-state index contributed by atoms with van der Waals surface area (Å²) in [6, 6.07) is 7.16. The van der Waals surface area contributed by atoms with Crippen LogP contribution in [-0.4, -0.2) is 84.8 Å². The third-order valence-electron chi connectivity index (χ3n) is 6.31. The number of halogens is 1. The molecule has 1 saturated heterocycles. The second kappa shape index (κ2) is 12.7. The van der Waals surface area contributed by atoms with Crippen molar-refractivity contribution < 1.29 is 27.5 Å². The van der Waals surface area contributed by atoms with Gasteiger partial charge in [0.1, 0.15) is 11.9 Å². The zero-order valence-corrected chi connectivity index (χ0v) is 23.4. The molecule has 1 aromatic carbocycles. The molecule has 1 aliphatic heterocycles. The van der Waals surface area contributed by atoms with Crippen molar-refractivity contribution in [2.45, 2.75) is 18.2 Å². The number of benzene rings is 1. The average Bonchev–Trinajstić information content (AvgIpc) is 3.52. The zero-order chi connectivity index (χ0) is 28.0. The molecular formula is C25H28ClN5O6S2. The molecular weight excluding hydrogens is 566 g/mol. The number of hydrogen-bond donors (Lipinski definition) is 1. The Labute approximate surface area is 235 Å². The number of hydrogen-bond acceptors (Lipinski definition) is 8. The van der Waals surface area contributed by atoms with E-state index in [1.807, 2.05) is 10.6 Å². The molecule has 0 aliphatic carbocycles. The maximum atomic E-state index is 13.5. The standard InChI is InChI=1S/C25H28ClN5O6S2/c1-2-23(22-11-18-3-4-19(26)12-21(18)38-22)39(35,36)31-8-7-29(25(34)15-31)14-24(33)28-6-5-20-13-27-16-30(20)9-10-37-17-32/h2-4,11-13,16-17,23H,1,5-10,14-15H2,(H,28,33). The first-order valence-corrected chi connectivity index (χ1v) is 14.8. The van der Waals surface area contributed by atoms with E-state index in [9.17, 15) is 22.8 Å². The molecule has 1 aliphatic rings. The van der Waals surface area contributed by atoms with E-state index in [1.54, 1.807) is 30.7 Å². The minimum absolute atomic E-state index is 0.0739. The lowest BCUT2D eigenvalue weighted by atomic mass is 10.2. The summed E-state index contributed by atoms with van der Waals surface area (Å²) in [6.07, 6.45) is 5.15. The van der Waals surface area contributed by atoms with Crippen LogP contribution in [0.4, 0.5) is 0 Å². The van der Waals surface area contributed by atoms with Crippen molar-refractivity contribution in [3.8, 4) is 0 Å². The third kappa shape index (κ3) is 6.85. The first kappa shape index (κ1) is 28.7. The fourth-order valence-corrected chi connectivity index (χ4v) is 7.68. The summed E-state index contributed by atoms with van der Waals surface area (Å²) >= 11 is 7.39. The summed E-state index contributed by atoms with van der Waals surface area (Å²) in [4.78, 5) is 41.6. The Balaban J connectivity index is 1.30. The molecule has 2 aromatic heterocycles. The van der Waals surface area contributed by atoms with Crippen molar-refractivity contribution in [3.63, 3.8) is 0 Å². The quantitative estimate of drug-likeness (QED) is 0.182. The Morgan fingerprint density at radius 3 is 2.87 bits per heavy atom. The van der Waals surface area contributed by atoms with E-state index < -0.39 is 21.2 Å². The van der Waals surface area contributed by atoms with Crippen molar-refractivity contribution in [2.75, 3.05) is 39.3 Å². The van der Waals surface area contributed by atoms with Crippen LogP contribution in [0.15, 0.2) is 49.4 Å². The SMILES string of the molecule is C=CC(c1cc2ccc(Cl)cc2s1)S(=O)(=O)N1CCN(CC(=O)NCCc2cncn2CCOC=O)C(=O)C1. The molecule has 11 nitrogen and oxygen atoms in total. The van der Waals surface area contributed by atoms with Gasteiger partial charge in [-0.2, -0.15) is 4.31 Å². The molecule has 0 bridgehead atoms. The van der Waals surface area contributed by atoms with Crippen LogP contribution in [0.5, 0.6) is 0 Å². The van der Waals surface area contributed by atoms with Crippen LogP contribution in [0.2, 0.25) is 5.02 Å². The van der Waals surface area contributed by atoms with Gasteiger partial charge in [-0.15, -0.1) is 17.9 Å². The molecule has 2 amide bonds. The normalized spacial score (nSPS) is 15.3. The van der Waals surface area contributed by atoms with Gasteiger partial charge >= 0.3 is 0 Å². The van der Waals surface area contributed by atoms with Crippen molar-refractivity contribution in [1.29, 1.82) is 0 Å². The number of carbonyl (C=O) groups excluding carboxylic acids is 3. The lowest BCUT2D eigenvalue weighted by Crippen LogP contribution is -2.54. The number of fused-ring (bicyclic) bond motifs is 1. The highest BCUT2D eigenvalue weighted by Gasteiger charge is 2.37. The molecule has 0 saturated carbocycles. The van der Waals surface area contributed by atoms with E-state index in [-0.39, 0.29) is 38.7 Å². The van der Waals surface area contributed by atoms with E-state index in [0.29, 0.717) is 35.9 Å². The molecule has 208 valence electrons. The first-order valence-electron chi connectivity index (χ1n) is 12.1. The summed E-state index contributed by atoms with van der Waals surface area (Å²) in [5.41, 5.74) is 0.859. The number of nitrogens with one attached hydrogen (secondary N) is 1. The van der Waals surface area contributed by atoms with Gasteiger partial charge in [0.15, 0.2) is 0 Å². The maximum absolute atomic E-state index is 13.5. The summed E-state index contributed by atoms with van der Waals surface area (Å²) < 4.78 is 35.4. The number of sulfonamides is 1. The van der Waals surface area contributed by atoms with E-state index in [2.05, 4.69) is 16.9 Å². The van der Waals surface area contributed by atoms with Crippen LogP contribution in [0.25, 0.3) is 10.1 Å². The molecule has 39 heavy (non-hydrogen) atoms. The molecule has 14 heteroatoms. The second-order valence-electron chi connectivity index (χ2n) is 8.83. The number of ether oxygens (including phenoxy) is 1. The Bertz CT molecular complexity index is 1470. The number of imidazole rings is 1. The summed E-state index contributed by atoms with van der Waals surface area (Å²) in [5, 5.41) is 3.21. The van der Waals surface area contributed by atoms with Gasteiger partial charge in [-0.25, -0.2) is 13.4 Å². The van der Waals surface area contributed by atoms with Gasteiger partial charge in [0.05, 0.1) is 26.0 Å². The molecule has 3 heterocycles. The van der Waals surface area contributed by atoms with E-state index in [0.717, 1.165) is 20.1 Å². The van der Waals surface area contributed by atoms with Gasteiger partial charge in [-0.3, -0.25) is 14.4 Å². The number of nitrogens with zero attached hydrogens (tertiary/aromatic N) is 4. The Kier molecular flexibility index (Phi) is 9.38. The predicted octanol–water partition coefficient (Wildman–Crippen LogP) is 1.98. The monoisotopic (exact) mass is 593 g/mol. The summed E-state index contributed by atoms with van der Waals surface area (Å²) in [6.45, 7) is 4.76. The number of amides is 2. The number of aromatic nitrogens is 2. The molecule has 0 spiro atoms. The van der Waals surface area contributed by atoms with Gasteiger partial charge in [0.2, 0.25) is 21.8 Å². The third-order valence-corrected chi connectivity index (χ3v) is 10.00. The zero-order valence-electron chi connectivity index (χ0n) is 21.0. The Hall–Kier alpha value is -3.26. The fourth-order valence-electron chi connectivity index (χ4n) is 4.30. The highest BCUT2D eigenvalue weighted by atomic mass is 35.5. The number of thiophene rings is 1. The van der Waals surface area contributed by atoms with Crippen molar-refractivity contribution in [1.82, 2.24) is 24.1 Å². The molecule has 1 atom stereocenters. The molecule has 4 rings (SSSR count). The van der Waals surface area contributed by atoms with Crippen LogP contribution in [0.1, 0.15) is 15.8 Å². The molecule has 1 fully saturated rings. The highest BCUT2D eigenvalue weighted by molar-refractivity contribution is 7.89. The number of rotatable bonds is 13. The minimum atomic E-state index is -3.91. The first-order chi connectivity index (χ1) is 18.7. The van der Waals surface area contributed by atoms with E-state index in [1.165, 1.54) is 22.3 Å². The average molecular weight is 594 g/mol.